The quantitative estimate of drug-likeness (QED) is 0.438. The second-order valence-electron chi connectivity index (χ2n) is 4.65. The summed E-state index contributed by atoms with van der Waals surface area (Å²) in [4.78, 5) is 8.12. The van der Waals surface area contributed by atoms with Gasteiger partial charge in [-0.05, 0) is 88.3 Å². The molecule has 0 spiro atoms. The van der Waals surface area contributed by atoms with E-state index in [1.807, 2.05) is 0 Å². The van der Waals surface area contributed by atoms with E-state index in [1.165, 1.54) is 33.4 Å². The van der Waals surface area contributed by atoms with Crippen LogP contribution >= 0.6 is 27.5 Å². The van der Waals surface area contributed by atoms with Gasteiger partial charge in [-0.3, -0.25) is 0 Å². The fourth-order valence-corrected chi connectivity index (χ4v) is 1.69. The van der Waals surface area contributed by atoms with Gasteiger partial charge in [-0.1, -0.05) is 0 Å². The first-order valence-corrected chi connectivity index (χ1v) is 12.5. The van der Waals surface area contributed by atoms with Crippen molar-refractivity contribution in [3.8, 4) is 0 Å². The Labute approximate surface area is 135 Å². The van der Waals surface area contributed by atoms with Gasteiger partial charge in [-0.2, -0.15) is 0 Å². The molecule has 0 unspecified atom stereocenters. The topological polar surface area (TPSA) is 20.2 Å². The van der Waals surface area contributed by atoms with Crippen molar-refractivity contribution in [3.05, 3.63) is 33.4 Å². The number of hydrogen-bond donors (Lipinski definition) is 1. The van der Waals surface area contributed by atoms with E-state index in [9.17, 15) is 0 Å². The van der Waals surface area contributed by atoms with E-state index >= 15 is 0 Å². The third-order valence-corrected chi connectivity index (χ3v) is 3.38. The van der Waals surface area contributed by atoms with Crippen molar-refractivity contribution in [1.29, 1.82) is 0 Å². The number of rotatable bonds is 0. The molecule has 1 aromatic rings. The summed E-state index contributed by atoms with van der Waals surface area (Å²) in [5, 5.41) is 0. The zero-order valence-electron chi connectivity index (χ0n) is 13.0. The summed E-state index contributed by atoms with van der Waals surface area (Å²) in [6.07, 6.45) is 0. The average Bonchev–Trinajstić information content (AvgIpc) is 2.32. The van der Waals surface area contributed by atoms with E-state index in [-0.39, 0.29) is 15.1 Å². The van der Waals surface area contributed by atoms with E-state index in [0.717, 1.165) is 0 Å². The van der Waals surface area contributed by atoms with Crippen molar-refractivity contribution in [2.24, 2.45) is 0 Å². The Balaban J connectivity index is 0. The Bertz CT molecular complexity index is 288. The molecule has 0 saturated heterocycles. The van der Waals surface area contributed by atoms with Crippen LogP contribution in [0.3, 0.4) is 0 Å². The minimum absolute atomic E-state index is 0.346. The predicted molar refractivity (Wildman–Crippen MR) is 87.6 cm³/mol. The summed E-state index contributed by atoms with van der Waals surface area (Å²) >= 11 is -0.346. The van der Waals surface area contributed by atoms with Crippen LogP contribution in [0, 0.1) is 41.5 Å². The van der Waals surface area contributed by atoms with Crippen LogP contribution in [-0.4, -0.2) is 18.2 Å². The Hall–Kier alpha value is 0.813. The fraction of sp³-hybridized carbons (Fsp3) is 0.571. The van der Waals surface area contributed by atoms with Crippen LogP contribution in [0.5, 0.6) is 0 Å². The van der Waals surface area contributed by atoms with Crippen molar-refractivity contribution < 1.29 is 20.0 Å². The van der Waals surface area contributed by atoms with Crippen LogP contribution < -0.4 is 0 Å². The van der Waals surface area contributed by atoms with Gasteiger partial charge < -0.3 is 4.89 Å². The third kappa shape index (κ3) is 8.64. The number of hydrogen-bond acceptors (Lipinski definition) is 1. The Morgan fingerprint density at radius 2 is 0.737 bits per heavy atom. The van der Waals surface area contributed by atoms with Crippen molar-refractivity contribution in [2.75, 3.05) is 13.3 Å². The maximum absolute atomic E-state index is 8.12. The molecule has 5 heteroatoms. The molecule has 1 rings (SSSR count). The summed E-state index contributed by atoms with van der Waals surface area (Å²) in [5.41, 5.74) is 8.73. The van der Waals surface area contributed by atoms with Crippen LogP contribution in [0.25, 0.3) is 0 Å². The van der Waals surface area contributed by atoms with Crippen molar-refractivity contribution in [2.45, 2.75) is 41.5 Å². The van der Waals surface area contributed by atoms with Gasteiger partial charge in [0.1, 0.15) is 0 Å². The van der Waals surface area contributed by atoms with E-state index < -0.39 is 8.15 Å². The molecule has 0 heterocycles. The second-order valence-corrected chi connectivity index (χ2v) is 8.98. The summed E-state index contributed by atoms with van der Waals surface area (Å²) in [7, 11) is 9.09. The van der Waals surface area contributed by atoms with E-state index in [0.29, 0.717) is 0 Å². The Morgan fingerprint density at radius 1 is 0.684 bits per heavy atom. The summed E-state index contributed by atoms with van der Waals surface area (Å²) in [6.45, 7) is 16.8. The normalized spacial score (nSPS) is 9.68. The molecule has 114 valence electrons. The molecular formula is C14H25Cl2OPRu. The van der Waals surface area contributed by atoms with Gasteiger partial charge in [0, 0.05) is 8.15 Å². The SMILES string of the molecule is CP(C)O.Cc1c(C)c(C)c(C)c(C)c1C.[Cl][Ru][Cl]. The molecule has 0 aliphatic carbocycles. The number of benzene rings is 1. The fourth-order valence-electron chi connectivity index (χ4n) is 1.69. The summed E-state index contributed by atoms with van der Waals surface area (Å²) < 4.78 is 0. The summed E-state index contributed by atoms with van der Waals surface area (Å²) in [5.74, 6) is 0. The molecule has 0 fully saturated rings. The molecule has 0 amide bonds. The summed E-state index contributed by atoms with van der Waals surface area (Å²) in [6, 6.07) is 0. The zero-order chi connectivity index (χ0) is 15.7. The molecular weight excluding hydrogens is 387 g/mol. The van der Waals surface area contributed by atoms with E-state index in [4.69, 9.17) is 24.3 Å². The monoisotopic (exact) mass is 412 g/mol. The van der Waals surface area contributed by atoms with Crippen molar-refractivity contribution >= 4 is 27.5 Å². The first-order chi connectivity index (χ1) is 8.61. The maximum atomic E-state index is 8.12. The molecule has 0 atom stereocenters. The van der Waals surface area contributed by atoms with Gasteiger partial charge in [0.05, 0.1) is 0 Å². The first-order valence-electron chi connectivity index (χ1n) is 5.86. The molecule has 0 radical (unpaired) electrons. The van der Waals surface area contributed by atoms with Gasteiger partial charge in [0.15, 0.2) is 0 Å². The van der Waals surface area contributed by atoms with E-state index in [2.05, 4.69) is 41.5 Å². The van der Waals surface area contributed by atoms with Crippen LogP contribution in [0.1, 0.15) is 33.4 Å². The van der Waals surface area contributed by atoms with Gasteiger partial charge in [0.25, 0.3) is 0 Å². The molecule has 0 aliphatic heterocycles. The predicted octanol–water partition coefficient (Wildman–Crippen LogP) is 5.55. The number of halogens is 2. The zero-order valence-corrected chi connectivity index (χ0v) is 17.1. The molecule has 0 bridgehead atoms. The van der Waals surface area contributed by atoms with Gasteiger partial charge >= 0.3 is 34.5 Å². The molecule has 1 aromatic carbocycles. The van der Waals surface area contributed by atoms with Gasteiger partial charge in [0.2, 0.25) is 0 Å². The first kappa shape index (κ1) is 22.1. The third-order valence-electron chi connectivity index (χ3n) is 3.38. The Kier molecular flexibility index (Phi) is 13.3. The molecule has 0 aromatic heterocycles. The van der Waals surface area contributed by atoms with Crippen LogP contribution in [-0.2, 0) is 15.1 Å². The van der Waals surface area contributed by atoms with Crippen LogP contribution in [0.15, 0.2) is 0 Å². The molecule has 19 heavy (non-hydrogen) atoms. The average molecular weight is 412 g/mol. The Morgan fingerprint density at radius 3 is 0.789 bits per heavy atom. The standard InChI is InChI=1S/C12H18.C2H7OP.2ClH.Ru/c1-7-8(2)10(4)12(6)11(5)9(7)3;1-4(2)3;;;/h1-6H3;3H,1-2H3;2*1H;/q;;;;+2/p-2. The van der Waals surface area contributed by atoms with Gasteiger partial charge in [-0.15, -0.1) is 0 Å². The minimum atomic E-state index is -0.620. The molecule has 0 saturated carbocycles. The second kappa shape index (κ2) is 11.5. The molecule has 1 N–H and O–H groups in total. The van der Waals surface area contributed by atoms with Crippen molar-refractivity contribution in [3.63, 3.8) is 0 Å². The van der Waals surface area contributed by atoms with E-state index in [1.54, 1.807) is 13.3 Å². The van der Waals surface area contributed by atoms with Crippen molar-refractivity contribution in [1.82, 2.24) is 0 Å². The van der Waals surface area contributed by atoms with Crippen LogP contribution in [0.4, 0.5) is 0 Å². The molecule has 1 nitrogen and oxygen atoms in total. The van der Waals surface area contributed by atoms with Gasteiger partial charge in [-0.25, -0.2) is 0 Å². The van der Waals surface area contributed by atoms with Crippen LogP contribution in [0.2, 0.25) is 0 Å². The molecule has 0 aliphatic rings.